The van der Waals surface area contributed by atoms with Gasteiger partial charge in [-0.05, 0) is 13.3 Å². The van der Waals surface area contributed by atoms with Crippen LogP contribution in [0.15, 0.2) is 16.4 Å². The molecule has 0 radical (unpaired) electrons. The van der Waals surface area contributed by atoms with Crippen molar-refractivity contribution in [2.75, 3.05) is 11.9 Å². The minimum atomic E-state index is -0.247. The van der Waals surface area contributed by atoms with E-state index in [1.807, 2.05) is 19.2 Å². The lowest BCUT2D eigenvalue weighted by atomic mass is 10.4. The highest BCUT2D eigenvalue weighted by Gasteiger charge is 2.08. The number of halogens is 1. The molecule has 2 heterocycles. The van der Waals surface area contributed by atoms with E-state index in [-0.39, 0.29) is 10.6 Å². The van der Waals surface area contributed by atoms with Crippen LogP contribution >= 0.6 is 22.9 Å². The van der Waals surface area contributed by atoms with Crippen molar-refractivity contribution in [2.45, 2.75) is 33.2 Å². The van der Waals surface area contributed by atoms with Crippen molar-refractivity contribution in [3.8, 4) is 0 Å². The first kappa shape index (κ1) is 15.0. The number of aryl methyl sites for hydroxylation is 2. The van der Waals surface area contributed by atoms with Gasteiger partial charge in [0.2, 0.25) is 0 Å². The highest BCUT2D eigenvalue weighted by Crippen LogP contribution is 2.16. The molecule has 5 nitrogen and oxygen atoms in total. The van der Waals surface area contributed by atoms with E-state index in [0.717, 1.165) is 23.5 Å². The zero-order valence-corrected chi connectivity index (χ0v) is 13.1. The van der Waals surface area contributed by atoms with Crippen molar-refractivity contribution in [3.05, 3.63) is 37.7 Å². The monoisotopic (exact) mass is 312 g/mol. The molecular weight excluding hydrogens is 296 g/mol. The van der Waals surface area contributed by atoms with Crippen molar-refractivity contribution < 1.29 is 0 Å². The third-order valence-electron chi connectivity index (χ3n) is 2.74. The maximum absolute atomic E-state index is 11.9. The van der Waals surface area contributed by atoms with Crippen molar-refractivity contribution in [3.63, 3.8) is 0 Å². The first-order chi connectivity index (χ1) is 9.61. The summed E-state index contributed by atoms with van der Waals surface area (Å²) in [7, 11) is 0. The molecular formula is C13H17ClN4OS. The third kappa shape index (κ3) is 3.58. The summed E-state index contributed by atoms with van der Waals surface area (Å²) in [6.07, 6.45) is 3.25. The molecule has 20 heavy (non-hydrogen) atoms. The highest BCUT2D eigenvalue weighted by atomic mass is 35.5. The number of thiazole rings is 1. The van der Waals surface area contributed by atoms with Crippen molar-refractivity contribution in [1.82, 2.24) is 14.8 Å². The summed E-state index contributed by atoms with van der Waals surface area (Å²) in [5, 5.41) is 10.5. The highest BCUT2D eigenvalue weighted by molar-refractivity contribution is 7.09. The lowest BCUT2D eigenvalue weighted by Gasteiger charge is -2.09. The molecule has 0 spiro atoms. The van der Waals surface area contributed by atoms with Crippen LogP contribution in [-0.4, -0.2) is 21.3 Å². The van der Waals surface area contributed by atoms with Crippen LogP contribution in [0.5, 0.6) is 0 Å². The molecule has 0 unspecified atom stereocenters. The average molecular weight is 313 g/mol. The molecule has 0 aliphatic rings. The second-order valence-corrected chi connectivity index (χ2v) is 5.78. The topological polar surface area (TPSA) is 59.8 Å². The number of aromatic nitrogens is 3. The maximum atomic E-state index is 11.9. The summed E-state index contributed by atoms with van der Waals surface area (Å²) in [6.45, 7) is 5.22. The predicted molar refractivity (Wildman–Crippen MR) is 82.8 cm³/mol. The molecule has 108 valence electrons. The van der Waals surface area contributed by atoms with Gasteiger partial charge in [-0.3, -0.25) is 4.79 Å². The quantitative estimate of drug-likeness (QED) is 0.891. The van der Waals surface area contributed by atoms with Crippen molar-refractivity contribution in [1.29, 1.82) is 0 Å². The molecule has 7 heteroatoms. The minimum Gasteiger partial charge on any atom is -0.382 e. The summed E-state index contributed by atoms with van der Waals surface area (Å²) in [5.74, 6) is 0. The Hall–Kier alpha value is -1.40. The molecule has 0 amide bonds. The van der Waals surface area contributed by atoms with E-state index in [1.54, 1.807) is 17.5 Å². The molecule has 1 N–H and O–H groups in total. The van der Waals surface area contributed by atoms with Crippen LogP contribution in [0.1, 0.15) is 24.0 Å². The molecule has 0 aromatic carbocycles. The fourth-order valence-electron chi connectivity index (χ4n) is 1.78. The van der Waals surface area contributed by atoms with Crippen LogP contribution < -0.4 is 10.9 Å². The maximum Gasteiger partial charge on any atom is 0.287 e. The molecule has 0 saturated carbocycles. The van der Waals surface area contributed by atoms with Gasteiger partial charge >= 0.3 is 0 Å². The molecule has 0 bridgehead atoms. The van der Waals surface area contributed by atoms with Gasteiger partial charge in [0.1, 0.15) is 5.02 Å². The Morgan fingerprint density at radius 1 is 1.50 bits per heavy atom. The molecule has 0 saturated heterocycles. The Morgan fingerprint density at radius 2 is 2.30 bits per heavy atom. The van der Waals surface area contributed by atoms with E-state index >= 15 is 0 Å². The molecule has 0 aliphatic heterocycles. The lowest BCUT2D eigenvalue weighted by Crippen LogP contribution is -2.24. The smallest absolute Gasteiger partial charge is 0.287 e. The Balaban J connectivity index is 1.99. The van der Waals surface area contributed by atoms with Gasteiger partial charge in [-0.2, -0.15) is 5.10 Å². The van der Waals surface area contributed by atoms with Crippen molar-refractivity contribution in [2.24, 2.45) is 0 Å². The van der Waals surface area contributed by atoms with E-state index in [9.17, 15) is 4.79 Å². The molecule has 2 aromatic heterocycles. The molecule has 2 rings (SSSR count). The first-order valence-electron chi connectivity index (χ1n) is 6.52. The van der Waals surface area contributed by atoms with E-state index in [4.69, 9.17) is 11.6 Å². The molecule has 0 aliphatic carbocycles. The summed E-state index contributed by atoms with van der Waals surface area (Å²) < 4.78 is 1.39. The lowest BCUT2D eigenvalue weighted by molar-refractivity contribution is 0.568. The van der Waals surface area contributed by atoms with Crippen LogP contribution in [0.25, 0.3) is 0 Å². The largest absolute Gasteiger partial charge is 0.382 e. The normalized spacial score (nSPS) is 10.8. The Labute approximate surface area is 126 Å². The zero-order valence-electron chi connectivity index (χ0n) is 11.5. The fourth-order valence-corrected chi connectivity index (χ4v) is 2.77. The summed E-state index contributed by atoms with van der Waals surface area (Å²) in [5.41, 5.74) is 1.37. The predicted octanol–water partition coefficient (Wildman–Crippen LogP) is 2.73. The summed E-state index contributed by atoms with van der Waals surface area (Å²) in [6, 6.07) is 0. The van der Waals surface area contributed by atoms with Gasteiger partial charge in [-0.15, -0.1) is 11.3 Å². The zero-order chi connectivity index (χ0) is 14.5. The van der Waals surface area contributed by atoms with Crippen LogP contribution in [0, 0.1) is 6.92 Å². The van der Waals surface area contributed by atoms with E-state index in [2.05, 4.69) is 15.4 Å². The van der Waals surface area contributed by atoms with Crippen LogP contribution in [-0.2, 0) is 13.0 Å². The van der Waals surface area contributed by atoms with E-state index in [1.165, 1.54) is 4.68 Å². The van der Waals surface area contributed by atoms with Gasteiger partial charge in [-0.1, -0.05) is 18.5 Å². The van der Waals surface area contributed by atoms with E-state index < -0.39 is 0 Å². The van der Waals surface area contributed by atoms with Gasteiger partial charge in [0, 0.05) is 30.6 Å². The number of nitrogens with one attached hydrogen (secondary N) is 1. The number of anilines is 1. The molecule has 2 aromatic rings. The van der Waals surface area contributed by atoms with Crippen LogP contribution in [0.4, 0.5) is 5.69 Å². The van der Waals surface area contributed by atoms with Gasteiger partial charge < -0.3 is 5.32 Å². The first-order valence-corrected chi connectivity index (χ1v) is 7.78. The molecule has 0 atom stereocenters. The fraction of sp³-hybridized carbons (Fsp3) is 0.462. The van der Waals surface area contributed by atoms with Gasteiger partial charge in [0.25, 0.3) is 5.56 Å². The Bertz CT molecular complexity index is 638. The average Bonchev–Trinajstić information content (AvgIpc) is 2.84. The number of rotatable bonds is 6. The van der Waals surface area contributed by atoms with Crippen LogP contribution in [0.2, 0.25) is 5.02 Å². The number of hydrogen-bond acceptors (Lipinski definition) is 5. The Kier molecular flexibility index (Phi) is 5.14. The molecule has 0 fully saturated rings. The van der Waals surface area contributed by atoms with Gasteiger partial charge in [-0.25, -0.2) is 9.67 Å². The summed E-state index contributed by atoms with van der Waals surface area (Å²) in [4.78, 5) is 16.3. The SMILES string of the molecule is CCCn1ncc(NCCc2nc(C)cs2)c(Cl)c1=O. The van der Waals surface area contributed by atoms with Crippen molar-refractivity contribution >= 4 is 28.6 Å². The standard InChI is InChI=1S/C13H17ClN4OS/c1-3-6-18-13(19)12(14)10(7-16-18)15-5-4-11-17-9(2)8-20-11/h7-8,15H,3-6H2,1-2H3. The number of hydrogen-bond donors (Lipinski definition) is 1. The second-order valence-electron chi connectivity index (χ2n) is 4.46. The minimum absolute atomic E-state index is 0.198. The number of nitrogens with zero attached hydrogens (tertiary/aromatic N) is 3. The van der Waals surface area contributed by atoms with E-state index in [0.29, 0.717) is 18.8 Å². The summed E-state index contributed by atoms with van der Waals surface area (Å²) >= 11 is 7.71. The van der Waals surface area contributed by atoms with Crippen LogP contribution in [0.3, 0.4) is 0 Å². The van der Waals surface area contributed by atoms with Gasteiger partial charge in [0.15, 0.2) is 0 Å². The Morgan fingerprint density at radius 3 is 2.95 bits per heavy atom. The second kappa shape index (κ2) is 6.85. The van der Waals surface area contributed by atoms with Gasteiger partial charge in [0.05, 0.1) is 16.9 Å². The third-order valence-corrected chi connectivity index (χ3v) is 4.13.